The van der Waals surface area contributed by atoms with Crippen LogP contribution >= 0.6 is 27.3 Å². The molecule has 0 radical (unpaired) electrons. The molecule has 1 heterocycles. The summed E-state index contributed by atoms with van der Waals surface area (Å²) < 4.78 is 0.991. The average molecular weight is 250 g/mol. The molecule has 0 amide bonds. The summed E-state index contributed by atoms with van der Waals surface area (Å²) in [6, 6.07) is 1.89. The van der Waals surface area contributed by atoms with Crippen LogP contribution in [-0.4, -0.2) is 10.6 Å². The zero-order valence-corrected chi connectivity index (χ0v) is 9.45. The van der Waals surface area contributed by atoms with Gasteiger partial charge in [0.25, 0.3) is 0 Å². The molecule has 1 atom stereocenters. The number of nitrogens with two attached hydrogens (primary N) is 1. The van der Waals surface area contributed by atoms with Gasteiger partial charge in [0.1, 0.15) is 6.10 Å². The Morgan fingerprint density at radius 2 is 2.25 bits per heavy atom. The van der Waals surface area contributed by atoms with Crippen LogP contribution in [0.15, 0.2) is 15.9 Å². The van der Waals surface area contributed by atoms with E-state index < -0.39 is 11.6 Å². The van der Waals surface area contributed by atoms with Crippen LogP contribution in [0.4, 0.5) is 0 Å². The van der Waals surface area contributed by atoms with Gasteiger partial charge in [0.05, 0.1) is 0 Å². The lowest BCUT2D eigenvalue weighted by molar-refractivity contribution is 0.108. The lowest BCUT2D eigenvalue weighted by Gasteiger charge is -2.24. The zero-order valence-electron chi connectivity index (χ0n) is 7.04. The third kappa shape index (κ3) is 2.29. The highest BCUT2D eigenvalue weighted by molar-refractivity contribution is 9.10. The molecular formula is C8H12BrNOS. The van der Waals surface area contributed by atoms with Crippen molar-refractivity contribution < 1.29 is 5.11 Å². The lowest BCUT2D eigenvalue weighted by atomic mass is 9.98. The highest BCUT2D eigenvalue weighted by atomic mass is 79.9. The van der Waals surface area contributed by atoms with Crippen LogP contribution in [0.5, 0.6) is 0 Å². The minimum absolute atomic E-state index is 0.579. The van der Waals surface area contributed by atoms with E-state index in [4.69, 9.17) is 5.73 Å². The summed E-state index contributed by atoms with van der Waals surface area (Å²) in [5, 5.41) is 11.7. The molecule has 0 aliphatic rings. The SMILES string of the molecule is CC(C)(N)C(O)c1cc(Br)cs1. The van der Waals surface area contributed by atoms with Gasteiger partial charge in [-0.3, -0.25) is 0 Å². The normalized spacial score (nSPS) is 14.8. The van der Waals surface area contributed by atoms with Crippen molar-refractivity contribution in [1.29, 1.82) is 0 Å². The first-order valence-corrected chi connectivity index (χ1v) is 5.29. The fourth-order valence-corrected chi connectivity index (χ4v) is 2.46. The molecule has 1 aromatic rings. The number of rotatable bonds is 2. The summed E-state index contributed by atoms with van der Waals surface area (Å²) in [5.74, 6) is 0. The van der Waals surface area contributed by atoms with Crippen molar-refractivity contribution in [3.63, 3.8) is 0 Å². The van der Waals surface area contributed by atoms with Crippen LogP contribution in [0.1, 0.15) is 24.8 Å². The molecule has 0 aromatic carbocycles. The van der Waals surface area contributed by atoms with Gasteiger partial charge >= 0.3 is 0 Å². The molecule has 12 heavy (non-hydrogen) atoms. The lowest BCUT2D eigenvalue weighted by Crippen LogP contribution is -2.38. The van der Waals surface area contributed by atoms with E-state index in [0.717, 1.165) is 9.35 Å². The van der Waals surface area contributed by atoms with Crippen LogP contribution in [0.2, 0.25) is 0 Å². The second kappa shape index (κ2) is 3.46. The standard InChI is InChI=1S/C8H12BrNOS/c1-8(2,10)7(11)6-3-5(9)4-12-6/h3-4,7,11H,10H2,1-2H3. The number of thiophene rings is 1. The Labute approximate surface area is 84.5 Å². The van der Waals surface area contributed by atoms with Crippen LogP contribution < -0.4 is 5.73 Å². The van der Waals surface area contributed by atoms with E-state index in [1.165, 1.54) is 11.3 Å². The van der Waals surface area contributed by atoms with Crippen molar-refractivity contribution in [3.05, 3.63) is 20.8 Å². The molecule has 1 unspecified atom stereocenters. The maximum absolute atomic E-state index is 9.73. The summed E-state index contributed by atoms with van der Waals surface area (Å²) in [4.78, 5) is 0.898. The fraction of sp³-hybridized carbons (Fsp3) is 0.500. The van der Waals surface area contributed by atoms with Crippen LogP contribution in [0, 0.1) is 0 Å². The van der Waals surface area contributed by atoms with Gasteiger partial charge in [-0.05, 0) is 35.8 Å². The van der Waals surface area contributed by atoms with Gasteiger partial charge in [0.2, 0.25) is 0 Å². The van der Waals surface area contributed by atoms with E-state index >= 15 is 0 Å². The van der Waals surface area contributed by atoms with E-state index in [2.05, 4.69) is 15.9 Å². The third-order valence-electron chi connectivity index (χ3n) is 1.56. The number of halogens is 1. The molecule has 0 aliphatic heterocycles. The molecule has 0 saturated carbocycles. The Kier molecular flexibility index (Phi) is 2.93. The minimum atomic E-state index is -0.589. The molecule has 0 fully saturated rings. The molecule has 3 N–H and O–H groups in total. The maximum Gasteiger partial charge on any atom is 0.106 e. The summed E-state index contributed by atoms with van der Waals surface area (Å²) in [5.41, 5.74) is 5.18. The van der Waals surface area contributed by atoms with Crippen molar-refractivity contribution in [2.24, 2.45) is 5.73 Å². The van der Waals surface area contributed by atoms with Gasteiger partial charge < -0.3 is 10.8 Å². The predicted octanol–water partition coefficient (Wildman–Crippen LogP) is 2.28. The Morgan fingerprint density at radius 1 is 1.67 bits per heavy atom. The Balaban J connectivity index is 2.85. The minimum Gasteiger partial charge on any atom is -0.386 e. The van der Waals surface area contributed by atoms with E-state index in [-0.39, 0.29) is 0 Å². The van der Waals surface area contributed by atoms with Gasteiger partial charge in [0, 0.05) is 20.3 Å². The predicted molar refractivity (Wildman–Crippen MR) is 55.2 cm³/mol. The third-order valence-corrected chi connectivity index (χ3v) is 3.31. The molecule has 0 aliphatic carbocycles. The van der Waals surface area contributed by atoms with Crippen LogP contribution in [-0.2, 0) is 0 Å². The van der Waals surface area contributed by atoms with E-state index in [0.29, 0.717) is 0 Å². The fourth-order valence-electron chi connectivity index (χ4n) is 0.838. The monoisotopic (exact) mass is 249 g/mol. The molecule has 68 valence electrons. The summed E-state index contributed by atoms with van der Waals surface area (Å²) >= 11 is 4.83. The molecule has 4 heteroatoms. The van der Waals surface area contributed by atoms with Crippen molar-refractivity contribution in [2.75, 3.05) is 0 Å². The highest BCUT2D eigenvalue weighted by Crippen LogP contribution is 2.30. The van der Waals surface area contributed by atoms with E-state index in [9.17, 15) is 5.11 Å². The van der Waals surface area contributed by atoms with E-state index in [1.54, 1.807) is 0 Å². The van der Waals surface area contributed by atoms with Gasteiger partial charge in [-0.25, -0.2) is 0 Å². The maximum atomic E-state index is 9.73. The Morgan fingerprint density at radius 3 is 2.58 bits per heavy atom. The highest BCUT2D eigenvalue weighted by Gasteiger charge is 2.25. The summed E-state index contributed by atoms with van der Waals surface area (Å²) in [6.45, 7) is 3.62. The second-order valence-electron chi connectivity index (χ2n) is 3.39. The molecule has 1 rings (SSSR count). The first kappa shape index (κ1) is 10.2. The van der Waals surface area contributed by atoms with Crippen molar-refractivity contribution in [1.82, 2.24) is 0 Å². The Bertz CT molecular complexity index is 266. The van der Waals surface area contributed by atoms with Crippen LogP contribution in [0.3, 0.4) is 0 Å². The van der Waals surface area contributed by atoms with Crippen LogP contribution in [0.25, 0.3) is 0 Å². The number of hydrogen-bond donors (Lipinski definition) is 2. The number of hydrogen-bond acceptors (Lipinski definition) is 3. The molecule has 1 aromatic heterocycles. The number of aliphatic hydroxyl groups excluding tert-OH is 1. The Hall–Kier alpha value is 0.1000. The first-order valence-electron chi connectivity index (χ1n) is 3.62. The second-order valence-corrected chi connectivity index (χ2v) is 5.25. The van der Waals surface area contributed by atoms with Crippen molar-refractivity contribution >= 4 is 27.3 Å². The zero-order chi connectivity index (χ0) is 9.35. The first-order chi connectivity index (χ1) is 5.41. The van der Waals surface area contributed by atoms with Gasteiger partial charge in [-0.2, -0.15) is 0 Å². The average Bonchev–Trinajstić information content (AvgIpc) is 2.32. The molecular weight excluding hydrogens is 238 g/mol. The van der Waals surface area contributed by atoms with Gasteiger partial charge in [-0.1, -0.05) is 0 Å². The topological polar surface area (TPSA) is 46.2 Å². The quantitative estimate of drug-likeness (QED) is 0.845. The molecule has 2 nitrogen and oxygen atoms in total. The molecule has 0 saturated heterocycles. The summed E-state index contributed by atoms with van der Waals surface area (Å²) in [6.07, 6.45) is -0.589. The van der Waals surface area contributed by atoms with E-state index in [1.807, 2.05) is 25.3 Å². The smallest absolute Gasteiger partial charge is 0.106 e. The number of aliphatic hydroxyl groups is 1. The molecule has 0 spiro atoms. The van der Waals surface area contributed by atoms with Gasteiger partial charge in [-0.15, -0.1) is 11.3 Å². The van der Waals surface area contributed by atoms with Gasteiger partial charge in [0.15, 0.2) is 0 Å². The largest absolute Gasteiger partial charge is 0.386 e. The van der Waals surface area contributed by atoms with Crippen molar-refractivity contribution in [3.8, 4) is 0 Å². The van der Waals surface area contributed by atoms with Crippen molar-refractivity contribution in [2.45, 2.75) is 25.5 Å². The summed E-state index contributed by atoms with van der Waals surface area (Å²) in [7, 11) is 0. The molecule has 0 bridgehead atoms.